The highest BCUT2D eigenvalue weighted by atomic mass is 19.4. The molecule has 5 nitrogen and oxygen atoms in total. The van der Waals surface area contributed by atoms with Crippen LogP contribution in [-0.4, -0.2) is 41.1 Å². The van der Waals surface area contributed by atoms with Crippen LogP contribution < -0.4 is 0 Å². The quantitative estimate of drug-likeness (QED) is 0.930. The Bertz CT molecular complexity index is 593. The third-order valence-electron chi connectivity index (χ3n) is 3.96. The van der Waals surface area contributed by atoms with Crippen molar-refractivity contribution in [3.8, 4) is 0 Å². The number of carbonyl (C=O) groups excluding carboxylic acids is 1. The Morgan fingerprint density at radius 3 is 2.50 bits per heavy atom. The molecule has 1 fully saturated rings. The first-order valence-electron chi connectivity index (χ1n) is 6.77. The summed E-state index contributed by atoms with van der Waals surface area (Å²) >= 11 is 0. The summed E-state index contributed by atoms with van der Waals surface area (Å²) in [5.41, 5.74) is -2.72. The fourth-order valence-electron chi connectivity index (χ4n) is 2.63. The zero-order valence-electron chi connectivity index (χ0n) is 12.1. The van der Waals surface area contributed by atoms with Crippen LogP contribution in [-0.2, 0) is 4.79 Å². The van der Waals surface area contributed by atoms with Crippen molar-refractivity contribution >= 4 is 11.9 Å². The van der Waals surface area contributed by atoms with E-state index >= 15 is 0 Å². The molecule has 0 aromatic carbocycles. The van der Waals surface area contributed by atoms with Gasteiger partial charge in [0.1, 0.15) is 5.76 Å². The van der Waals surface area contributed by atoms with E-state index in [4.69, 9.17) is 9.52 Å². The summed E-state index contributed by atoms with van der Waals surface area (Å²) in [4.78, 5) is 24.4. The maximum absolute atomic E-state index is 13.1. The first kappa shape index (κ1) is 16.4. The smallest absolute Gasteiger partial charge is 0.406 e. The maximum Gasteiger partial charge on any atom is 0.406 e. The highest BCUT2D eigenvalue weighted by Gasteiger charge is 2.64. The van der Waals surface area contributed by atoms with E-state index in [1.165, 1.54) is 12.3 Å². The van der Waals surface area contributed by atoms with Gasteiger partial charge in [0, 0.05) is 19.0 Å². The lowest BCUT2D eigenvalue weighted by atomic mass is 9.86. The zero-order chi connectivity index (χ0) is 16.7. The van der Waals surface area contributed by atoms with Crippen molar-refractivity contribution in [3.05, 3.63) is 23.7 Å². The largest absolute Gasteiger partial charge is 0.481 e. The van der Waals surface area contributed by atoms with Crippen LogP contribution in [0.25, 0.3) is 0 Å². The standard InChI is InChI=1S/C14H16F3NO4/c1-8(2)10-9(3-6-22-10)11(19)18-5-4-13(7-18,12(20)21)14(15,16)17/h3,6,8H,4-5,7H2,1-2H3,(H,20,21). The number of carboxylic acid groups (broad SMARTS) is 1. The predicted molar refractivity (Wildman–Crippen MR) is 69.4 cm³/mol. The molecule has 8 heteroatoms. The highest BCUT2D eigenvalue weighted by molar-refractivity contribution is 5.96. The van der Waals surface area contributed by atoms with Crippen LogP contribution in [0.4, 0.5) is 13.2 Å². The molecule has 1 amide bonds. The summed E-state index contributed by atoms with van der Waals surface area (Å²) in [7, 11) is 0. The van der Waals surface area contributed by atoms with Gasteiger partial charge in [-0.05, 0) is 12.5 Å². The summed E-state index contributed by atoms with van der Waals surface area (Å²) in [6, 6.07) is 1.39. The second-order valence-electron chi connectivity index (χ2n) is 5.71. The zero-order valence-corrected chi connectivity index (χ0v) is 12.1. The Morgan fingerprint density at radius 2 is 2.05 bits per heavy atom. The van der Waals surface area contributed by atoms with Crippen LogP contribution in [0.3, 0.4) is 0 Å². The van der Waals surface area contributed by atoms with Crippen LogP contribution in [0, 0.1) is 5.41 Å². The van der Waals surface area contributed by atoms with E-state index < -0.39 is 36.4 Å². The molecule has 2 rings (SSSR count). The molecular formula is C14H16F3NO4. The number of aliphatic carboxylic acids is 1. The number of hydrogen-bond acceptors (Lipinski definition) is 3. The Labute approximate surface area is 124 Å². The minimum atomic E-state index is -4.91. The second kappa shape index (κ2) is 5.33. The third kappa shape index (κ3) is 2.46. The van der Waals surface area contributed by atoms with Crippen LogP contribution in [0.15, 0.2) is 16.7 Å². The SMILES string of the molecule is CC(C)c1occc1C(=O)N1CCC(C(=O)O)(C(F)(F)F)C1. The second-order valence-corrected chi connectivity index (χ2v) is 5.71. The molecule has 1 N–H and O–H groups in total. The lowest BCUT2D eigenvalue weighted by Gasteiger charge is -2.27. The topological polar surface area (TPSA) is 70.8 Å². The lowest BCUT2D eigenvalue weighted by molar-refractivity contribution is -0.227. The van der Waals surface area contributed by atoms with Gasteiger partial charge in [-0.15, -0.1) is 0 Å². The van der Waals surface area contributed by atoms with Crippen molar-refractivity contribution in [2.24, 2.45) is 5.41 Å². The number of nitrogens with zero attached hydrogens (tertiary/aromatic N) is 1. The number of amides is 1. The number of hydrogen-bond donors (Lipinski definition) is 1. The first-order chi connectivity index (χ1) is 10.1. The molecule has 0 bridgehead atoms. The fraction of sp³-hybridized carbons (Fsp3) is 0.571. The van der Waals surface area contributed by atoms with Gasteiger partial charge < -0.3 is 14.4 Å². The maximum atomic E-state index is 13.1. The molecular weight excluding hydrogens is 303 g/mol. The van der Waals surface area contributed by atoms with Gasteiger partial charge in [-0.2, -0.15) is 13.2 Å². The average Bonchev–Trinajstić information content (AvgIpc) is 3.04. The number of carbonyl (C=O) groups is 2. The van der Waals surface area contributed by atoms with E-state index in [9.17, 15) is 22.8 Å². The summed E-state index contributed by atoms with van der Waals surface area (Å²) < 4.78 is 44.5. The lowest BCUT2D eigenvalue weighted by Crippen LogP contribution is -2.47. The van der Waals surface area contributed by atoms with Gasteiger partial charge in [-0.3, -0.25) is 9.59 Å². The monoisotopic (exact) mass is 319 g/mol. The molecule has 0 saturated carbocycles. The van der Waals surface area contributed by atoms with Crippen molar-refractivity contribution < 1.29 is 32.3 Å². The molecule has 1 aliphatic rings. The number of halogens is 3. The van der Waals surface area contributed by atoms with Crippen LogP contribution in [0.2, 0.25) is 0 Å². The van der Waals surface area contributed by atoms with Crippen molar-refractivity contribution in [1.82, 2.24) is 4.90 Å². The number of carboxylic acids is 1. The third-order valence-corrected chi connectivity index (χ3v) is 3.96. The van der Waals surface area contributed by atoms with Gasteiger partial charge in [0.05, 0.1) is 11.8 Å². The van der Waals surface area contributed by atoms with Gasteiger partial charge >= 0.3 is 12.1 Å². The summed E-state index contributed by atoms with van der Waals surface area (Å²) in [5.74, 6) is -2.32. The normalized spacial score (nSPS) is 22.4. The van der Waals surface area contributed by atoms with Crippen LogP contribution in [0.1, 0.15) is 42.3 Å². The van der Waals surface area contributed by atoms with Crippen molar-refractivity contribution in [2.75, 3.05) is 13.1 Å². The number of alkyl halides is 3. The molecule has 0 radical (unpaired) electrons. The van der Waals surface area contributed by atoms with E-state index in [2.05, 4.69) is 0 Å². The first-order valence-corrected chi connectivity index (χ1v) is 6.77. The minimum Gasteiger partial charge on any atom is -0.481 e. The Morgan fingerprint density at radius 1 is 1.41 bits per heavy atom. The molecule has 1 saturated heterocycles. The van der Waals surface area contributed by atoms with Gasteiger partial charge in [0.2, 0.25) is 0 Å². The summed E-state index contributed by atoms with van der Waals surface area (Å²) in [6.45, 7) is 2.44. The Balaban J connectivity index is 2.28. The molecule has 1 aromatic rings. The fourth-order valence-corrected chi connectivity index (χ4v) is 2.63. The molecule has 0 aliphatic carbocycles. The number of rotatable bonds is 3. The number of likely N-dealkylation sites (tertiary alicyclic amines) is 1. The molecule has 1 unspecified atom stereocenters. The van der Waals surface area contributed by atoms with Crippen LogP contribution >= 0.6 is 0 Å². The predicted octanol–water partition coefficient (Wildman–Crippen LogP) is 2.88. The minimum absolute atomic E-state index is 0.108. The van der Waals surface area contributed by atoms with E-state index in [-0.39, 0.29) is 18.0 Å². The van der Waals surface area contributed by atoms with Gasteiger partial charge in [0.15, 0.2) is 5.41 Å². The van der Waals surface area contributed by atoms with Crippen molar-refractivity contribution in [2.45, 2.75) is 32.4 Å². The molecule has 22 heavy (non-hydrogen) atoms. The van der Waals surface area contributed by atoms with Crippen LogP contribution in [0.5, 0.6) is 0 Å². The van der Waals surface area contributed by atoms with Gasteiger partial charge in [0.25, 0.3) is 5.91 Å². The molecule has 1 aliphatic heterocycles. The van der Waals surface area contributed by atoms with Crippen molar-refractivity contribution in [3.63, 3.8) is 0 Å². The summed E-state index contributed by atoms with van der Waals surface area (Å²) in [6.07, 6.45) is -4.26. The molecule has 2 heterocycles. The summed E-state index contributed by atoms with van der Waals surface area (Å²) in [5, 5.41) is 9.00. The number of furan rings is 1. The average molecular weight is 319 g/mol. The van der Waals surface area contributed by atoms with E-state index in [0.29, 0.717) is 5.76 Å². The van der Waals surface area contributed by atoms with Gasteiger partial charge in [-0.1, -0.05) is 13.8 Å². The molecule has 1 aromatic heterocycles. The molecule has 122 valence electrons. The molecule has 0 spiro atoms. The van der Waals surface area contributed by atoms with Gasteiger partial charge in [-0.25, -0.2) is 0 Å². The Kier molecular flexibility index (Phi) is 3.97. The molecule has 1 atom stereocenters. The van der Waals surface area contributed by atoms with E-state index in [1.54, 1.807) is 13.8 Å². The van der Waals surface area contributed by atoms with Crippen molar-refractivity contribution in [1.29, 1.82) is 0 Å². The van der Waals surface area contributed by atoms with E-state index in [0.717, 1.165) is 4.90 Å². The highest BCUT2D eigenvalue weighted by Crippen LogP contribution is 2.46. The van der Waals surface area contributed by atoms with E-state index in [1.807, 2.05) is 0 Å². The Hall–Kier alpha value is -1.99.